The molecule has 0 fully saturated rings. The van der Waals surface area contributed by atoms with Gasteiger partial charge in [0, 0.05) is 19.1 Å². The van der Waals surface area contributed by atoms with Crippen LogP contribution in [0.4, 0.5) is 0 Å². The van der Waals surface area contributed by atoms with Gasteiger partial charge in [0.15, 0.2) is 0 Å². The zero-order valence-electron chi connectivity index (χ0n) is 7.97. The Morgan fingerprint density at radius 3 is 2.75 bits per heavy atom. The molecule has 0 aliphatic rings. The predicted molar refractivity (Wildman–Crippen MR) is 48.8 cm³/mol. The van der Waals surface area contributed by atoms with Crippen LogP contribution in [0.25, 0.3) is 0 Å². The van der Waals surface area contributed by atoms with E-state index in [-0.39, 0.29) is 18.6 Å². The fraction of sp³-hybridized carbons (Fsp3) is 0.889. The second-order valence-electron chi connectivity index (χ2n) is 3.08. The summed E-state index contributed by atoms with van der Waals surface area (Å²) in [5.41, 5.74) is 0. The van der Waals surface area contributed by atoms with Crippen LogP contribution in [0.2, 0.25) is 0 Å². The Morgan fingerprint density at radius 1 is 1.58 bits per heavy atom. The molecule has 0 heterocycles. The Balaban J connectivity index is 3.40. The monoisotopic (exact) mass is 173 g/mol. The molecule has 0 bridgehead atoms. The quantitative estimate of drug-likeness (QED) is 0.631. The van der Waals surface area contributed by atoms with Gasteiger partial charge in [0.2, 0.25) is 5.91 Å². The molecule has 0 aromatic carbocycles. The van der Waals surface area contributed by atoms with Crippen molar-refractivity contribution in [3.05, 3.63) is 0 Å². The van der Waals surface area contributed by atoms with Gasteiger partial charge >= 0.3 is 0 Å². The minimum atomic E-state index is 0.114. The lowest BCUT2D eigenvalue weighted by Crippen LogP contribution is -2.32. The highest BCUT2D eigenvalue weighted by Gasteiger charge is 2.04. The van der Waals surface area contributed by atoms with E-state index < -0.39 is 0 Å². The summed E-state index contributed by atoms with van der Waals surface area (Å²) >= 11 is 0. The smallest absolute Gasteiger partial charge is 0.220 e. The number of carbonyl (C=O) groups is 1. The van der Waals surface area contributed by atoms with Crippen molar-refractivity contribution in [2.75, 3.05) is 6.61 Å². The number of hydrogen-bond donors (Lipinski definition) is 2. The third-order valence-corrected chi connectivity index (χ3v) is 1.68. The first-order chi connectivity index (χ1) is 5.70. The summed E-state index contributed by atoms with van der Waals surface area (Å²) in [5.74, 6) is 0.114. The van der Waals surface area contributed by atoms with Crippen molar-refractivity contribution < 1.29 is 9.90 Å². The van der Waals surface area contributed by atoms with Crippen LogP contribution in [-0.2, 0) is 4.79 Å². The molecular formula is C9H19NO2. The number of amides is 1. The van der Waals surface area contributed by atoms with E-state index >= 15 is 0 Å². The van der Waals surface area contributed by atoms with Gasteiger partial charge in [-0.25, -0.2) is 0 Å². The average Bonchev–Trinajstić information content (AvgIpc) is 2.01. The lowest BCUT2D eigenvalue weighted by molar-refractivity contribution is -0.121. The number of carbonyl (C=O) groups excluding carboxylic acids is 1. The van der Waals surface area contributed by atoms with Crippen LogP contribution in [0.15, 0.2) is 0 Å². The number of aliphatic hydroxyl groups excluding tert-OH is 1. The van der Waals surface area contributed by atoms with E-state index in [1.54, 1.807) is 0 Å². The highest BCUT2D eigenvalue weighted by Crippen LogP contribution is 1.96. The summed E-state index contributed by atoms with van der Waals surface area (Å²) in [5, 5.41) is 11.4. The van der Waals surface area contributed by atoms with E-state index in [1.165, 1.54) is 0 Å². The minimum absolute atomic E-state index is 0.114. The van der Waals surface area contributed by atoms with Gasteiger partial charge in [-0.05, 0) is 26.2 Å². The highest BCUT2D eigenvalue weighted by atomic mass is 16.2. The van der Waals surface area contributed by atoms with Crippen LogP contribution in [0.5, 0.6) is 0 Å². The van der Waals surface area contributed by atoms with Crippen LogP contribution >= 0.6 is 0 Å². The van der Waals surface area contributed by atoms with Crippen LogP contribution in [0.1, 0.15) is 39.5 Å². The second-order valence-corrected chi connectivity index (χ2v) is 3.08. The molecule has 12 heavy (non-hydrogen) atoms. The molecule has 0 aliphatic carbocycles. The van der Waals surface area contributed by atoms with Crippen LogP contribution < -0.4 is 5.32 Å². The van der Waals surface area contributed by atoms with Gasteiger partial charge in [0.1, 0.15) is 0 Å². The first kappa shape index (κ1) is 11.4. The van der Waals surface area contributed by atoms with Crippen LogP contribution in [0, 0.1) is 0 Å². The third-order valence-electron chi connectivity index (χ3n) is 1.68. The summed E-state index contributed by atoms with van der Waals surface area (Å²) in [6, 6.07) is 0.191. The molecule has 0 saturated carbocycles. The summed E-state index contributed by atoms with van der Waals surface area (Å²) in [4.78, 5) is 11.0. The predicted octanol–water partition coefficient (Wildman–Crippen LogP) is 1.06. The fourth-order valence-electron chi connectivity index (χ4n) is 1.04. The molecule has 1 amide bonds. The highest BCUT2D eigenvalue weighted by molar-refractivity contribution is 5.76. The van der Waals surface area contributed by atoms with Crippen molar-refractivity contribution in [2.45, 2.75) is 45.6 Å². The zero-order valence-corrected chi connectivity index (χ0v) is 7.97. The Hall–Kier alpha value is -0.570. The summed E-state index contributed by atoms with van der Waals surface area (Å²) in [7, 11) is 0. The van der Waals surface area contributed by atoms with Crippen molar-refractivity contribution in [3.8, 4) is 0 Å². The van der Waals surface area contributed by atoms with E-state index in [0.717, 1.165) is 19.3 Å². The summed E-state index contributed by atoms with van der Waals surface area (Å²) in [6.45, 7) is 4.15. The summed E-state index contributed by atoms with van der Waals surface area (Å²) < 4.78 is 0. The summed E-state index contributed by atoms with van der Waals surface area (Å²) in [6.07, 6.45) is 3.10. The SMILES string of the molecule is CCCC(=O)NC(C)CCCO. The Labute approximate surface area is 74.2 Å². The van der Waals surface area contributed by atoms with E-state index in [4.69, 9.17) is 5.11 Å². The largest absolute Gasteiger partial charge is 0.396 e. The molecule has 0 saturated heterocycles. The van der Waals surface area contributed by atoms with Crippen molar-refractivity contribution in [1.29, 1.82) is 0 Å². The molecule has 0 spiro atoms. The molecule has 2 N–H and O–H groups in total. The number of nitrogens with one attached hydrogen (secondary N) is 1. The molecule has 0 aromatic rings. The van der Waals surface area contributed by atoms with Gasteiger partial charge in [-0.3, -0.25) is 4.79 Å². The number of aliphatic hydroxyl groups is 1. The molecule has 0 aromatic heterocycles. The normalized spacial score (nSPS) is 12.6. The first-order valence-corrected chi connectivity index (χ1v) is 4.61. The molecule has 0 aliphatic heterocycles. The molecule has 3 nitrogen and oxygen atoms in total. The van der Waals surface area contributed by atoms with Gasteiger partial charge in [-0.2, -0.15) is 0 Å². The maximum absolute atomic E-state index is 11.0. The van der Waals surface area contributed by atoms with Crippen molar-refractivity contribution in [2.24, 2.45) is 0 Å². The Morgan fingerprint density at radius 2 is 2.25 bits per heavy atom. The first-order valence-electron chi connectivity index (χ1n) is 4.61. The number of hydrogen-bond acceptors (Lipinski definition) is 2. The van der Waals surface area contributed by atoms with Gasteiger partial charge in [-0.15, -0.1) is 0 Å². The van der Waals surface area contributed by atoms with E-state index in [2.05, 4.69) is 5.32 Å². The molecule has 72 valence electrons. The molecule has 0 rings (SSSR count). The zero-order chi connectivity index (χ0) is 9.40. The maximum atomic E-state index is 11.0. The van der Waals surface area contributed by atoms with Gasteiger partial charge in [0.05, 0.1) is 0 Å². The molecule has 1 unspecified atom stereocenters. The third kappa shape index (κ3) is 6.16. The second kappa shape index (κ2) is 7.10. The van der Waals surface area contributed by atoms with E-state index in [9.17, 15) is 4.79 Å². The van der Waals surface area contributed by atoms with Gasteiger partial charge < -0.3 is 10.4 Å². The molecule has 1 atom stereocenters. The van der Waals surface area contributed by atoms with Crippen molar-refractivity contribution >= 4 is 5.91 Å². The fourth-order valence-corrected chi connectivity index (χ4v) is 1.04. The Bertz CT molecular complexity index is 126. The average molecular weight is 173 g/mol. The van der Waals surface area contributed by atoms with Crippen LogP contribution in [0.3, 0.4) is 0 Å². The minimum Gasteiger partial charge on any atom is -0.396 e. The standard InChI is InChI=1S/C9H19NO2/c1-3-5-9(12)10-8(2)6-4-7-11/h8,11H,3-7H2,1-2H3,(H,10,12). The topological polar surface area (TPSA) is 49.3 Å². The van der Waals surface area contributed by atoms with Crippen molar-refractivity contribution in [3.63, 3.8) is 0 Å². The molecule has 3 heteroatoms. The molecular weight excluding hydrogens is 154 g/mol. The van der Waals surface area contributed by atoms with Gasteiger partial charge in [0.25, 0.3) is 0 Å². The van der Waals surface area contributed by atoms with Crippen LogP contribution in [-0.4, -0.2) is 23.7 Å². The van der Waals surface area contributed by atoms with E-state index in [0.29, 0.717) is 6.42 Å². The lowest BCUT2D eigenvalue weighted by Gasteiger charge is -2.12. The molecule has 0 radical (unpaired) electrons. The number of rotatable bonds is 6. The lowest BCUT2D eigenvalue weighted by atomic mass is 10.2. The van der Waals surface area contributed by atoms with Gasteiger partial charge in [-0.1, -0.05) is 6.92 Å². The van der Waals surface area contributed by atoms with E-state index in [1.807, 2.05) is 13.8 Å². The maximum Gasteiger partial charge on any atom is 0.220 e. The Kier molecular flexibility index (Phi) is 6.76. The van der Waals surface area contributed by atoms with Crippen molar-refractivity contribution in [1.82, 2.24) is 5.32 Å².